The summed E-state index contributed by atoms with van der Waals surface area (Å²) in [5, 5.41) is 9.01. The zero-order valence-corrected chi connectivity index (χ0v) is 11.3. The van der Waals surface area contributed by atoms with Gasteiger partial charge in [0, 0.05) is 5.69 Å². The topological polar surface area (TPSA) is 57.6 Å². The van der Waals surface area contributed by atoms with Gasteiger partial charge in [-0.15, -0.1) is 0 Å². The summed E-state index contributed by atoms with van der Waals surface area (Å²) in [4.78, 5) is 25.2. The Morgan fingerprint density at radius 3 is 2.68 bits per heavy atom. The van der Waals surface area contributed by atoms with Crippen molar-refractivity contribution in [3.63, 3.8) is 0 Å². The van der Waals surface area contributed by atoms with Gasteiger partial charge in [-0.05, 0) is 36.0 Å². The van der Waals surface area contributed by atoms with Gasteiger partial charge in [-0.3, -0.25) is 9.59 Å². The van der Waals surface area contributed by atoms with E-state index >= 15 is 0 Å². The van der Waals surface area contributed by atoms with Crippen LogP contribution in [-0.4, -0.2) is 35.0 Å². The fraction of sp³-hybridized carbons (Fsp3) is 0.429. The highest BCUT2D eigenvalue weighted by Gasteiger charge is 2.51. The van der Waals surface area contributed by atoms with Gasteiger partial charge in [-0.25, -0.2) is 0 Å². The molecule has 0 aromatic heterocycles. The van der Waals surface area contributed by atoms with Crippen LogP contribution in [0.5, 0.6) is 0 Å². The molecule has 19 heavy (non-hydrogen) atoms. The van der Waals surface area contributed by atoms with E-state index in [4.69, 9.17) is 5.11 Å². The first kappa shape index (κ1) is 12.5. The van der Waals surface area contributed by atoms with Crippen molar-refractivity contribution < 1.29 is 14.7 Å². The lowest BCUT2D eigenvalue weighted by molar-refractivity contribution is -0.137. The lowest BCUT2D eigenvalue weighted by atomic mass is 9.76. The molecule has 1 aromatic carbocycles. The highest BCUT2D eigenvalue weighted by Crippen LogP contribution is 2.48. The van der Waals surface area contributed by atoms with E-state index in [-0.39, 0.29) is 12.5 Å². The zero-order chi connectivity index (χ0) is 13.5. The van der Waals surface area contributed by atoms with Crippen molar-refractivity contribution in [2.45, 2.75) is 18.3 Å². The number of nitrogens with zero attached hydrogens (tertiary/aromatic N) is 1. The summed E-state index contributed by atoms with van der Waals surface area (Å²) in [7, 11) is 0. The number of rotatable bonds is 2. The van der Waals surface area contributed by atoms with Crippen molar-refractivity contribution in [3.8, 4) is 0 Å². The molecule has 2 aliphatic heterocycles. The molecule has 2 heterocycles. The highest BCUT2D eigenvalue weighted by atomic mass is 32.2. The van der Waals surface area contributed by atoms with Crippen molar-refractivity contribution >= 4 is 29.3 Å². The van der Waals surface area contributed by atoms with Crippen LogP contribution < -0.4 is 4.90 Å². The molecule has 0 saturated carbocycles. The SMILES string of the molecule is O=C(O)CN1C(=O)C2(CCSCC2)c2ccccc21. The van der Waals surface area contributed by atoms with Gasteiger partial charge in [-0.1, -0.05) is 18.2 Å². The predicted octanol–water partition coefficient (Wildman–Crippen LogP) is 1.88. The Labute approximate surface area is 115 Å². The van der Waals surface area contributed by atoms with Crippen LogP contribution in [0.25, 0.3) is 0 Å². The van der Waals surface area contributed by atoms with E-state index < -0.39 is 11.4 Å². The van der Waals surface area contributed by atoms with Crippen LogP contribution in [0.1, 0.15) is 18.4 Å². The Hall–Kier alpha value is -1.49. The fourth-order valence-electron chi connectivity index (χ4n) is 3.09. The molecule has 1 amide bonds. The molecule has 5 heteroatoms. The Kier molecular flexibility index (Phi) is 3.01. The number of anilines is 1. The minimum atomic E-state index is -0.967. The smallest absolute Gasteiger partial charge is 0.323 e. The third-order valence-electron chi connectivity index (χ3n) is 4.00. The standard InChI is InChI=1S/C14H15NO3S/c16-12(17)9-15-11-4-2-1-3-10(11)14(13(15)18)5-7-19-8-6-14/h1-4H,5-9H2,(H,16,17). The lowest BCUT2D eigenvalue weighted by Crippen LogP contribution is -2.44. The van der Waals surface area contributed by atoms with Crippen molar-refractivity contribution in [3.05, 3.63) is 29.8 Å². The predicted molar refractivity (Wildman–Crippen MR) is 74.7 cm³/mol. The molecule has 1 aromatic rings. The summed E-state index contributed by atoms with van der Waals surface area (Å²) < 4.78 is 0. The third kappa shape index (κ3) is 1.84. The van der Waals surface area contributed by atoms with Crippen LogP contribution in [0.4, 0.5) is 5.69 Å². The maximum Gasteiger partial charge on any atom is 0.323 e. The van der Waals surface area contributed by atoms with Gasteiger partial charge in [-0.2, -0.15) is 11.8 Å². The zero-order valence-electron chi connectivity index (χ0n) is 10.5. The summed E-state index contributed by atoms with van der Waals surface area (Å²) >= 11 is 1.86. The van der Waals surface area contributed by atoms with E-state index in [1.54, 1.807) is 0 Å². The highest BCUT2D eigenvalue weighted by molar-refractivity contribution is 7.99. The van der Waals surface area contributed by atoms with Gasteiger partial charge in [0.05, 0.1) is 5.41 Å². The second kappa shape index (κ2) is 4.56. The molecule has 1 N–H and O–H groups in total. The number of amides is 1. The first-order chi connectivity index (χ1) is 9.15. The minimum absolute atomic E-state index is 0.0311. The molecule has 1 fully saturated rings. The summed E-state index contributed by atoms with van der Waals surface area (Å²) in [6.07, 6.45) is 1.62. The fourth-order valence-corrected chi connectivity index (χ4v) is 4.28. The van der Waals surface area contributed by atoms with E-state index in [0.717, 1.165) is 35.6 Å². The van der Waals surface area contributed by atoms with Crippen LogP contribution in [-0.2, 0) is 15.0 Å². The number of thioether (sulfide) groups is 1. The van der Waals surface area contributed by atoms with E-state index in [0.29, 0.717) is 0 Å². The number of carboxylic acid groups (broad SMARTS) is 1. The molecule has 2 aliphatic rings. The second-order valence-corrected chi connectivity index (χ2v) is 6.22. The maximum atomic E-state index is 12.7. The van der Waals surface area contributed by atoms with Crippen molar-refractivity contribution in [1.82, 2.24) is 0 Å². The minimum Gasteiger partial charge on any atom is -0.480 e. The van der Waals surface area contributed by atoms with Gasteiger partial charge in [0.1, 0.15) is 6.54 Å². The molecule has 0 aliphatic carbocycles. The summed E-state index contributed by atoms with van der Waals surface area (Å²) in [5.41, 5.74) is 1.32. The summed E-state index contributed by atoms with van der Waals surface area (Å²) in [5.74, 6) is 0.920. The number of aliphatic carboxylic acids is 1. The number of benzene rings is 1. The average molecular weight is 277 g/mol. The summed E-state index contributed by atoms with van der Waals surface area (Å²) in [6, 6.07) is 7.62. The third-order valence-corrected chi connectivity index (χ3v) is 4.99. The normalized spacial score (nSPS) is 20.6. The van der Waals surface area contributed by atoms with Crippen LogP contribution in [0.3, 0.4) is 0 Å². The molecule has 0 atom stereocenters. The van der Waals surface area contributed by atoms with Crippen LogP contribution in [0.15, 0.2) is 24.3 Å². The van der Waals surface area contributed by atoms with Crippen molar-refractivity contribution in [2.24, 2.45) is 0 Å². The Morgan fingerprint density at radius 1 is 1.32 bits per heavy atom. The molecule has 0 radical (unpaired) electrons. The van der Waals surface area contributed by atoms with Gasteiger partial charge < -0.3 is 10.0 Å². The number of hydrogen-bond donors (Lipinski definition) is 1. The quantitative estimate of drug-likeness (QED) is 0.896. The van der Waals surface area contributed by atoms with Gasteiger partial charge in [0.2, 0.25) is 5.91 Å². The molecule has 0 bridgehead atoms. The van der Waals surface area contributed by atoms with E-state index in [9.17, 15) is 9.59 Å². The van der Waals surface area contributed by atoms with Crippen LogP contribution >= 0.6 is 11.8 Å². The molecule has 1 saturated heterocycles. The number of carboxylic acids is 1. The molecule has 3 rings (SSSR count). The Balaban J connectivity index is 2.08. The monoisotopic (exact) mass is 277 g/mol. The van der Waals surface area contributed by atoms with Crippen LogP contribution in [0, 0.1) is 0 Å². The van der Waals surface area contributed by atoms with E-state index in [2.05, 4.69) is 0 Å². The number of carbonyl (C=O) groups excluding carboxylic acids is 1. The van der Waals surface area contributed by atoms with Crippen molar-refractivity contribution in [2.75, 3.05) is 23.0 Å². The lowest BCUT2D eigenvalue weighted by Gasteiger charge is -2.32. The first-order valence-corrected chi connectivity index (χ1v) is 7.52. The maximum absolute atomic E-state index is 12.7. The average Bonchev–Trinajstić information content (AvgIpc) is 2.63. The van der Waals surface area contributed by atoms with Gasteiger partial charge in [0.15, 0.2) is 0 Å². The Bertz CT molecular complexity index is 537. The van der Waals surface area contributed by atoms with Crippen molar-refractivity contribution in [1.29, 1.82) is 0 Å². The molecular formula is C14H15NO3S. The van der Waals surface area contributed by atoms with Gasteiger partial charge >= 0.3 is 5.97 Å². The molecular weight excluding hydrogens is 262 g/mol. The number of hydrogen-bond acceptors (Lipinski definition) is 3. The van der Waals surface area contributed by atoms with E-state index in [1.165, 1.54) is 4.90 Å². The largest absolute Gasteiger partial charge is 0.480 e. The van der Waals surface area contributed by atoms with E-state index in [1.807, 2.05) is 36.0 Å². The molecule has 0 unspecified atom stereocenters. The Morgan fingerprint density at radius 2 is 2.00 bits per heavy atom. The number of para-hydroxylation sites is 1. The second-order valence-electron chi connectivity index (χ2n) is 5.00. The molecule has 1 spiro atoms. The summed E-state index contributed by atoms with van der Waals surface area (Å²) in [6.45, 7) is -0.245. The van der Waals surface area contributed by atoms with Crippen LogP contribution in [0.2, 0.25) is 0 Å². The molecule has 100 valence electrons. The number of fused-ring (bicyclic) bond motifs is 2. The molecule has 4 nitrogen and oxygen atoms in total. The first-order valence-electron chi connectivity index (χ1n) is 6.36. The van der Waals surface area contributed by atoms with Gasteiger partial charge in [0.25, 0.3) is 0 Å². The number of carbonyl (C=O) groups is 2.